The minimum atomic E-state index is 0.0928. The molecule has 1 spiro atoms. The predicted octanol–water partition coefficient (Wildman–Crippen LogP) is 5.61. The molecule has 1 heteroatoms. The fourth-order valence-electron chi connectivity index (χ4n) is 5.07. The second-order valence-electron chi connectivity index (χ2n) is 6.34. The lowest BCUT2D eigenvalue weighted by molar-refractivity contribution is -0.127. The highest BCUT2D eigenvalue weighted by Gasteiger charge is 2.51. The van der Waals surface area contributed by atoms with Gasteiger partial charge in [0.2, 0.25) is 0 Å². The monoisotopic (exact) mass is 274 g/mol. The van der Waals surface area contributed by atoms with Crippen LogP contribution in [0.1, 0.15) is 79.6 Å². The molecule has 1 nitrogen and oxygen atoms in total. The standard InChI is InChI=1S/C19H30O/c1-6-14-15(7-2)17(9-4)19(16(14)8-3)12-10-11-18(20)13(19)5/h13H,6-12H2,1-5H3. The molecule has 2 rings (SSSR count). The molecule has 0 N–H and O–H groups in total. The average molecular weight is 274 g/mol. The largest absolute Gasteiger partial charge is 0.299 e. The van der Waals surface area contributed by atoms with Crippen LogP contribution in [0.15, 0.2) is 22.3 Å². The zero-order valence-electron chi connectivity index (χ0n) is 13.9. The Hall–Kier alpha value is -0.850. The molecule has 0 saturated heterocycles. The summed E-state index contributed by atoms with van der Waals surface area (Å²) >= 11 is 0. The van der Waals surface area contributed by atoms with Crippen LogP contribution < -0.4 is 0 Å². The fraction of sp³-hybridized carbons (Fsp3) is 0.737. The van der Waals surface area contributed by atoms with Gasteiger partial charge in [0.25, 0.3) is 0 Å². The topological polar surface area (TPSA) is 17.1 Å². The van der Waals surface area contributed by atoms with Gasteiger partial charge in [-0.25, -0.2) is 0 Å². The summed E-state index contributed by atoms with van der Waals surface area (Å²) in [6.07, 6.45) is 7.52. The van der Waals surface area contributed by atoms with Gasteiger partial charge in [0, 0.05) is 17.8 Å². The molecule has 0 heterocycles. The fourth-order valence-corrected chi connectivity index (χ4v) is 5.07. The molecule has 0 bridgehead atoms. The first-order valence-electron chi connectivity index (χ1n) is 8.56. The van der Waals surface area contributed by atoms with Crippen molar-refractivity contribution < 1.29 is 4.79 Å². The maximum absolute atomic E-state index is 12.4. The third kappa shape index (κ3) is 1.93. The Morgan fingerprint density at radius 2 is 1.45 bits per heavy atom. The minimum absolute atomic E-state index is 0.0928. The van der Waals surface area contributed by atoms with E-state index in [1.807, 2.05) is 0 Å². The summed E-state index contributed by atoms with van der Waals surface area (Å²) in [5.74, 6) is 0.674. The molecule has 1 saturated carbocycles. The van der Waals surface area contributed by atoms with Gasteiger partial charge >= 0.3 is 0 Å². The van der Waals surface area contributed by atoms with E-state index in [0.717, 1.165) is 38.5 Å². The van der Waals surface area contributed by atoms with Gasteiger partial charge in [0.1, 0.15) is 5.78 Å². The quantitative estimate of drug-likeness (QED) is 0.651. The number of hydrogen-bond acceptors (Lipinski definition) is 1. The van der Waals surface area contributed by atoms with Crippen LogP contribution in [0, 0.1) is 11.3 Å². The smallest absolute Gasteiger partial charge is 0.136 e. The highest BCUT2D eigenvalue weighted by molar-refractivity contribution is 5.84. The number of ketones is 1. The predicted molar refractivity (Wildman–Crippen MR) is 85.7 cm³/mol. The Bertz CT molecular complexity index is 436. The highest BCUT2D eigenvalue weighted by atomic mass is 16.1. The van der Waals surface area contributed by atoms with E-state index in [1.165, 1.54) is 6.42 Å². The van der Waals surface area contributed by atoms with Crippen molar-refractivity contribution in [2.75, 3.05) is 0 Å². The summed E-state index contributed by atoms with van der Waals surface area (Å²) < 4.78 is 0. The third-order valence-corrected chi connectivity index (χ3v) is 5.80. The van der Waals surface area contributed by atoms with E-state index < -0.39 is 0 Å². The molecule has 0 aromatic carbocycles. The van der Waals surface area contributed by atoms with E-state index in [2.05, 4.69) is 34.6 Å². The number of carbonyl (C=O) groups excluding carboxylic acids is 1. The second kappa shape index (κ2) is 5.87. The Kier molecular flexibility index (Phi) is 4.56. The minimum Gasteiger partial charge on any atom is -0.299 e. The zero-order chi connectivity index (χ0) is 14.9. The molecule has 1 fully saturated rings. The van der Waals surface area contributed by atoms with Crippen LogP contribution in [-0.2, 0) is 4.79 Å². The Balaban J connectivity index is 2.67. The van der Waals surface area contributed by atoms with Gasteiger partial charge < -0.3 is 0 Å². The molecule has 20 heavy (non-hydrogen) atoms. The van der Waals surface area contributed by atoms with E-state index in [4.69, 9.17) is 0 Å². The SMILES string of the molecule is CCC1=C(CC)C2(CCCC(=O)C2C)C(CC)=C1CC. The molecule has 112 valence electrons. The Morgan fingerprint density at radius 3 is 1.85 bits per heavy atom. The number of carbonyl (C=O) groups is 1. The number of rotatable bonds is 4. The summed E-state index contributed by atoms with van der Waals surface area (Å²) in [6, 6.07) is 0. The Morgan fingerprint density at radius 1 is 0.950 bits per heavy atom. The van der Waals surface area contributed by atoms with Crippen molar-refractivity contribution in [3.8, 4) is 0 Å². The maximum Gasteiger partial charge on any atom is 0.136 e. The van der Waals surface area contributed by atoms with Crippen LogP contribution >= 0.6 is 0 Å². The van der Waals surface area contributed by atoms with Crippen LogP contribution in [-0.4, -0.2) is 5.78 Å². The number of Topliss-reactive ketones (excluding diaryl/α,β-unsaturated/α-hetero) is 1. The molecule has 0 aromatic rings. The molecular weight excluding hydrogens is 244 g/mol. The van der Waals surface area contributed by atoms with Gasteiger partial charge in [-0.15, -0.1) is 0 Å². The van der Waals surface area contributed by atoms with Crippen molar-refractivity contribution in [1.82, 2.24) is 0 Å². The first kappa shape index (κ1) is 15.5. The summed E-state index contributed by atoms with van der Waals surface area (Å²) in [5.41, 5.74) is 6.49. The van der Waals surface area contributed by atoms with Crippen LogP contribution in [0.3, 0.4) is 0 Å². The number of hydrogen-bond donors (Lipinski definition) is 0. The lowest BCUT2D eigenvalue weighted by atomic mass is 9.59. The van der Waals surface area contributed by atoms with Gasteiger partial charge in [-0.3, -0.25) is 4.79 Å². The van der Waals surface area contributed by atoms with Crippen molar-refractivity contribution in [2.24, 2.45) is 11.3 Å². The molecule has 1 unspecified atom stereocenters. The summed E-state index contributed by atoms with van der Waals surface area (Å²) in [5, 5.41) is 0. The van der Waals surface area contributed by atoms with Crippen LogP contribution in [0.4, 0.5) is 0 Å². The van der Waals surface area contributed by atoms with E-state index in [0.29, 0.717) is 5.78 Å². The summed E-state index contributed by atoms with van der Waals surface area (Å²) in [7, 11) is 0. The number of allylic oxidation sites excluding steroid dienone is 4. The van der Waals surface area contributed by atoms with Crippen molar-refractivity contribution in [1.29, 1.82) is 0 Å². The van der Waals surface area contributed by atoms with Crippen molar-refractivity contribution in [3.63, 3.8) is 0 Å². The van der Waals surface area contributed by atoms with E-state index in [-0.39, 0.29) is 11.3 Å². The molecule has 0 amide bonds. The van der Waals surface area contributed by atoms with Gasteiger partial charge in [-0.2, -0.15) is 0 Å². The normalized spacial score (nSPS) is 26.1. The average Bonchev–Trinajstić information content (AvgIpc) is 2.73. The van der Waals surface area contributed by atoms with E-state index in [9.17, 15) is 4.79 Å². The second-order valence-corrected chi connectivity index (χ2v) is 6.34. The van der Waals surface area contributed by atoms with Crippen LogP contribution in [0.2, 0.25) is 0 Å². The van der Waals surface area contributed by atoms with Crippen molar-refractivity contribution in [2.45, 2.75) is 79.6 Å². The molecule has 0 radical (unpaired) electrons. The first-order chi connectivity index (χ1) is 9.58. The van der Waals surface area contributed by atoms with E-state index >= 15 is 0 Å². The highest BCUT2D eigenvalue weighted by Crippen LogP contribution is 2.60. The molecule has 2 aliphatic carbocycles. The summed E-state index contributed by atoms with van der Waals surface area (Å²) in [6.45, 7) is 11.3. The lowest BCUT2D eigenvalue weighted by Gasteiger charge is -2.44. The van der Waals surface area contributed by atoms with Gasteiger partial charge in [-0.1, -0.05) is 45.8 Å². The van der Waals surface area contributed by atoms with Gasteiger partial charge in [0.05, 0.1) is 0 Å². The van der Waals surface area contributed by atoms with Crippen LogP contribution in [0.25, 0.3) is 0 Å². The van der Waals surface area contributed by atoms with Crippen molar-refractivity contribution in [3.05, 3.63) is 22.3 Å². The molecule has 0 aromatic heterocycles. The zero-order valence-corrected chi connectivity index (χ0v) is 13.9. The van der Waals surface area contributed by atoms with Gasteiger partial charge in [-0.05, 0) is 49.7 Å². The Labute approximate surface area is 124 Å². The molecule has 2 aliphatic rings. The summed E-state index contributed by atoms with van der Waals surface area (Å²) in [4.78, 5) is 12.4. The van der Waals surface area contributed by atoms with Crippen molar-refractivity contribution >= 4 is 5.78 Å². The molecule has 0 aliphatic heterocycles. The lowest BCUT2D eigenvalue weighted by Crippen LogP contribution is -2.40. The molecular formula is C19H30O. The van der Waals surface area contributed by atoms with Crippen LogP contribution in [0.5, 0.6) is 0 Å². The maximum atomic E-state index is 12.4. The third-order valence-electron chi connectivity index (χ3n) is 5.80. The van der Waals surface area contributed by atoms with Gasteiger partial charge in [0.15, 0.2) is 0 Å². The molecule has 1 atom stereocenters. The first-order valence-corrected chi connectivity index (χ1v) is 8.56. The van der Waals surface area contributed by atoms with E-state index in [1.54, 1.807) is 22.3 Å².